The van der Waals surface area contributed by atoms with E-state index >= 15 is 0 Å². The molecule has 0 aliphatic carbocycles. The number of allylic oxidation sites excluding steroid dienone is 1. The molecule has 0 saturated carbocycles. The van der Waals surface area contributed by atoms with Crippen LogP contribution in [0.5, 0.6) is 0 Å². The van der Waals surface area contributed by atoms with Crippen LogP contribution in [0.25, 0.3) is 6.08 Å². The number of hydrogen-bond donors (Lipinski definition) is 4. The molecule has 0 spiro atoms. The molecule has 0 heterocycles. The zero-order valence-corrected chi connectivity index (χ0v) is 17.1. The Balaban J connectivity index is 1.84. The van der Waals surface area contributed by atoms with Crippen molar-refractivity contribution in [2.45, 2.75) is 25.7 Å². The number of amides is 2. The van der Waals surface area contributed by atoms with Crippen LogP contribution in [0.2, 0.25) is 0 Å². The van der Waals surface area contributed by atoms with Gasteiger partial charge < -0.3 is 20.8 Å². The van der Waals surface area contributed by atoms with Gasteiger partial charge in [0, 0.05) is 29.8 Å². The van der Waals surface area contributed by atoms with Gasteiger partial charge in [0.15, 0.2) is 0 Å². The van der Waals surface area contributed by atoms with Crippen molar-refractivity contribution >= 4 is 41.2 Å². The maximum atomic E-state index is 11.6. The second kappa shape index (κ2) is 12.3. The molecule has 4 N–H and O–H groups in total. The molecule has 0 aliphatic rings. The third-order valence-electron chi connectivity index (χ3n) is 4.07. The van der Waals surface area contributed by atoms with Crippen molar-refractivity contribution in [2.24, 2.45) is 0 Å². The van der Waals surface area contributed by atoms with Crippen LogP contribution in [0.4, 0.5) is 11.4 Å². The second-order valence-corrected chi connectivity index (χ2v) is 6.69. The van der Waals surface area contributed by atoms with Crippen LogP contribution in [0, 0.1) is 11.8 Å². The van der Waals surface area contributed by atoms with Gasteiger partial charge in [-0.3, -0.25) is 19.2 Å². The fraction of sp³-hybridized carbons (Fsp3) is 0.167. The highest BCUT2D eigenvalue weighted by Crippen LogP contribution is 2.12. The van der Waals surface area contributed by atoms with Gasteiger partial charge in [0.2, 0.25) is 11.8 Å². The summed E-state index contributed by atoms with van der Waals surface area (Å²) in [6.07, 6.45) is 2.90. The van der Waals surface area contributed by atoms with Crippen LogP contribution in [0.3, 0.4) is 0 Å². The van der Waals surface area contributed by atoms with Gasteiger partial charge in [-0.2, -0.15) is 0 Å². The van der Waals surface area contributed by atoms with Gasteiger partial charge in [0.25, 0.3) is 0 Å². The van der Waals surface area contributed by atoms with Crippen LogP contribution in [-0.4, -0.2) is 34.0 Å². The summed E-state index contributed by atoms with van der Waals surface area (Å²) in [6.45, 7) is 0. The van der Waals surface area contributed by atoms with E-state index in [1.165, 1.54) is 0 Å². The minimum absolute atomic E-state index is 0.0787. The molecule has 0 fully saturated rings. The predicted octanol–water partition coefficient (Wildman–Crippen LogP) is 3.36. The number of carboxylic acids is 2. The topological polar surface area (TPSA) is 133 Å². The molecule has 0 bridgehead atoms. The summed E-state index contributed by atoms with van der Waals surface area (Å²) in [4.78, 5) is 44.2. The molecule has 2 aromatic carbocycles. The highest BCUT2D eigenvalue weighted by molar-refractivity contribution is 5.93. The summed E-state index contributed by atoms with van der Waals surface area (Å²) < 4.78 is 0. The number of carbonyl (C=O) groups excluding carboxylic acids is 2. The monoisotopic (exact) mass is 434 g/mol. The van der Waals surface area contributed by atoms with E-state index in [2.05, 4.69) is 22.5 Å². The fourth-order valence-corrected chi connectivity index (χ4v) is 2.47. The van der Waals surface area contributed by atoms with Crippen molar-refractivity contribution in [3.8, 4) is 11.8 Å². The molecule has 2 amide bonds. The fourth-order valence-electron chi connectivity index (χ4n) is 2.47. The normalized spacial score (nSPS) is 10.1. The molecule has 0 aromatic heterocycles. The summed E-state index contributed by atoms with van der Waals surface area (Å²) >= 11 is 0. The van der Waals surface area contributed by atoms with E-state index in [-0.39, 0.29) is 37.5 Å². The van der Waals surface area contributed by atoms with Gasteiger partial charge in [-0.15, -0.1) is 0 Å². The maximum absolute atomic E-state index is 11.6. The maximum Gasteiger partial charge on any atom is 0.303 e. The number of carbonyl (C=O) groups is 4. The van der Waals surface area contributed by atoms with E-state index in [4.69, 9.17) is 10.2 Å². The Labute approximate surface area is 185 Å². The van der Waals surface area contributed by atoms with Crippen LogP contribution in [-0.2, 0) is 19.2 Å². The predicted molar refractivity (Wildman–Crippen MR) is 120 cm³/mol. The van der Waals surface area contributed by atoms with Crippen molar-refractivity contribution in [3.05, 3.63) is 65.7 Å². The molecule has 0 saturated heterocycles. The van der Waals surface area contributed by atoms with Crippen LogP contribution < -0.4 is 10.6 Å². The van der Waals surface area contributed by atoms with Crippen LogP contribution in [0.15, 0.2) is 54.6 Å². The highest BCUT2D eigenvalue weighted by Gasteiger charge is 2.06. The van der Waals surface area contributed by atoms with Crippen molar-refractivity contribution in [3.63, 3.8) is 0 Å². The number of anilines is 2. The van der Waals surface area contributed by atoms with E-state index < -0.39 is 11.9 Å². The molecule has 8 heteroatoms. The van der Waals surface area contributed by atoms with Gasteiger partial charge >= 0.3 is 11.9 Å². The first-order valence-electron chi connectivity index (χ1n) is 9.73. The van der Waals surface area contributed by atoms with E-state index in [9.17, 15) is 19.2 Å². The Morgan fingerprint density at radius 1 is 0.719 bits per heavy atom. The van der Waals surface area contributed by atoms with Crippen molar-refractivity contribution in [1.82, 2.24) is 0 Å². The lowest BCUT2D eigenvalue weighted by Gasteiger charge is -2.04. The molecular weight excluding hydrogens is 412 g/mol. The Morgan fingerprint density at radius 2 is 1.19 bits per heavy atom. The zero-order valence-electron chi connectivity index (χ0n) is 17.1. The smallest absolute Gasteiger partial charge is 0.303 e. The third kappa shape index (κ3) is 9.41. The highest BCUT2D eigenvalue weighted by atomic mass is 16.4. The third-order valence-corrected chi connectivity index (χ3v) is 4.07. The Kier molecular flexibility index (Phi) is 9.22. The first kappa shape index (κ1) is 23.9. The lowest BCUT2D eigenvalue weighted by atomic mass is 10.1. The minimum Gasteiger partial charge on any atom is -0.481 e. The van der Waals surface area contributed by atoms with E-state index in [0.29, 0.717) is 11.4 Å². The largest absolute Gasteiger partial charge is 0.481 e. The molecule has 0 aliphatic heterocycles. The number of carboxylic acid groups (broad SMARTS) is 2. The molecule has 0 radical (unpaired) electrons. The van der Waals surface area contributed by atoms with Gasteiger partial charge in [-0.1, -0.05) is 24.0 Å². The molecule has 0 atom stereocenters. The van der Waals surface area contributed by atoms with E-state index in [0.717, 1.165) is 11.1 Å². The Bertz CT molecular complexity index is 1060. The summed E-state index contributed by atoms with van der Waals surface area (Å²) in [5, 5.41) is 22.4. The molecule has 2 aromatic rings. The Hall–Kier alpha value is -4.38. The van der Waals surface area contributed by atoms with Gasteiger partial charge in [-0.05, 0) is 54.1 Å². The molecule has 32 heavy (non-hydrogen) atoms. The number of rotatable bonds is 9. The second-order valence-electron chi connectivity index (χ2n) is 6.69. The number of nitrogens with one attached hydrogen (secondary N) is 2. The van der Waals surface area contributed by atoms with Crippen molar-refractivity contribution < 1.29 is 29.4 Å². The van der Waals surface area contributed by atoms with Gasteiger partial charge in [0.1, 0.15) is 0 Å². The lowest BCUT2D eigenvalue weighted by molar-refractivity contribution is -0.138. The molecule has 2 rings (SSSR count). The quantitative estimate of drug-likeness (QED) is 0.447. The summed E-state index contributed by atoms with van der Waals surface area (Å²) in [5.74, 6) is 3.12. The first-order chi connectivity index (χ1) is 15.3. The summed E-state index contributed by atoms with van der Waals surface area (Å²) in [5.41, 5.74) is 2.77. The van der Waals surface area contributed by atoms with Crippen LogP contribution in [0.1, 0.15) is 36.8 Å². The summed E-state index contributed by atoms with van der Waals surface area (Å²) in [7, 11) is 0. The zero-order chi connectivity index (χ0) is 23.3. The minimum atomic E-state index is -1.02. The van der Waals surface area contributed by atoms with Crippen molar-refractivity contribution in [1.29, 1.82) is 0 Å². The molecular formula is C24H22N2O6. The average molecular weight is 434 g/mol. The van der Waals surface area contributed by atoms with E-state index in [1.807, 2.05) is 0 Å². The average Bonchev–Trinajstić information content (AvgIpc) is 2.76. The molecule has 164 valence electrons. The number of benzene rings is 2. The SMILES string of the molecule is O=C(O)CCC(=O)Nc1ccc(C#C/C=C\c2ccc(NC(=O)CCC(=O)O)cc2)cc1. The first-order valence-corrected chi connectivity index (χ1v) is 9.73. The molecule has 0 unspecified atom stereocenters. The Morgan fingerprint density at radius 3 is 1.66 bits per heavy atom. The van der Waals surface area contributed by atoms with Crippen molar-refractivity contribution in [2.75, 3.05) is 10.6 Å². The van der Waals surface area contributed by atoms with Gasteiger partial charge in [0.05, 0.1) is 12.8 Å². The lowest BCUT2D eigenvalue weighted by Crippen LogP contribution is -2.13. The standard InChI is InChI=1S/C24H22N2O6/c27-21(13-15-23(29)30)25-19-9-5-17(6-10-19)3-1-2-4-18-7-11-20(12-8-18)26-22(28)14-16-24(31)32/h1,3,5-12H,13-16H2,(H,25,27)(H,26,28)(H,29,30)(H,31,32)/b3-1-. The number of aliphatic carboxylic acids is 2. The van der Waals surface area contributed by atoms with Gasteiger partial charge in [-0.25, -0.2) is 0 Å². The summed E-state index contributed by atoms with van der Waals surface area (Å²) in [6, 6.07) is 13.9. The van der Waals surface area contributed by atoms with E-state index in [1.54, 1.807) is 60.7 Å². The van der Waals surface area contributed by atoms with Crippen LogP contribution >= 0.6 is 0 Å². The molecule has 8 nitrogen and oxygen atoms in total. The number of hydrogen-bond acceptors (Lipinski definition) is 4.